The second-order valence-corrected chi connectivity index (χ2v) is 8.18. The molecule has 3 rings (SSSR count). The molecule has 28 heavy (non-hydrogen) atoms. The molecule has 1 aliphatic rings. The zero-order chi connectivity index (χ0) is 20.5. The summed E-state index contributed by atoms with van der Waals surface area (Å²) in [6.45, 7) is 11.5. The van der Waals surface area contributed by atoms with Crippen molar-refractivity contribution in [1.82, 2.24) is 4.90 Å². The Bertz CT molecular complexity index is 943. The second-order valence-electron chi connectivity index (χ2n) is 8.18. The van der Waals surface area contributed by atoms with Crippen molar-refractivity contribution in [3.63, 3.8) is 0 Å². The number of hydrogen-bond donors (Lipinski definition) is 1. The molecule has 0 spiro atoms. The van der Waals surface area contributed by atoms with Gasteiger partial charge < -0.3 is 10.0 Å². The molecule has 1 heterocycles. The lowest BCUT2D eigenvalue weighted by molar-refractivity contribution is 0.0695. The fourth-order valence-electron chi connectivity index (χ4n) is 4.04. The van der Waals surface area contributed by atoms with Gasteiger partial charge in [0.2, 0.25) is 0 Å². The number of nitrogens with zero attached hydrogens (tertiary/aromatic N) is 3. The maximum Gasteiger partial charge on any atom is 0.335 e. The van der Waals surface area contributed by atoms with E-state index in [1.807, 2.05) is 50.2 Å². The van der Waals surface area contributed by atoms with Crippen LogP contribution in [0.25, 0.3) is 0 Å². The van der Waals surface area contributed by atoms with E-state index in [4.69, 9.17) is 0 Å². The van der Waals surface area contributed by atoms with Crippen LogP contribution in [0.4, 0.5) is 5.69 Å². The molecule has 0 aromatic heterocycles. The first-order valence-electron chi connectivity index (χ1n) is 9.55. The van der Waals surface area contributed by atoms with Gasteiger partial charge in [0.05, 0.1) is 16.8 Å². The third kappa shape index (κ3) is 3.88. The van der Waals surface area contributed by atoms with Crippen molar-refractivity contribution >= 4 is 11.7 Å². The van der Waals surface area contributed by atoms with Gasteiger partial charge in [-0.2, -0.15) is 5.26 Å². The quantitative estimate of drug-likeness (QED) is 0.873. The number of benzene rings is 2. The highest BCUT2D eigenvalue weighted by atomic mass is 16.4. The van der Waals surface area contributed by atoms with E-state index in [1.165, 1.54) is 0 Å². The summed E-state index contributed by atoms with van der Waals surface area (Å²) in [5.74, 6) is -0.879. The van der Waals surface area contributed by atoms with Crippen LogP contribution in [0.2, 0.25) is 0 Å². The largest absolute Gasteiger partial charge is 0.478 e. The lowest BCUT2D eigenvalue weighted by Crippen LogP contribution is -2.59. The topological polar surface area (TPSA) is 67.6 Å². The van der Waals surface area contributed by atoms with Crippen molar-refractivity contribution in [1.29, 1.82) is 5.26 Å². The summed E-state index contributed by atoms with van der Waals surface area (Å²) in [5.41, 5.74) is 4.93. The Morgan fingerprint density at radius 2 is 1.89 bits per heavy atom. The van der Waals surface area contributed by atoms with Gasteiger partial charge in [0, 0.05) is 31.7 Å². The molecule has 0 bridgehead atoms. The molecule has 5 nitrogen and oxygen atoms in total. The monoisotopic (exact) mass is 377 g/mol. The van der Waals surface area contributed by atoms with Gasteiger partial charge in [-0.1, -0.05) is 18.2 Å². The summed E-state index contributed by atoms with van der Waals surface area (Å²) in [6, 6.07) is 13.8. The molecule has 1 aliphatic heterocycles. The van der Waals surface area contributed by atoms with Crippen LogP contribution in [0.3, 0.4) is 0 Å². The number of carboxylic acids is 1. The highest BCUT2D eigenvalue weighted by Gasteiger charge is 2.34. The number of carboxylic acid groups (broad SMARTS) is 1. The number of hydrogen-bond acceptors (Lipinski definition) is 4. The highest BCUT2D eigenvalue weighted by molar-refractivity contribution is 5.89. The van der Waals surface area contributed by atoms with Crippen molar-refractivity contribution in [2.45, 2.75) is 39.8 Å². The molecule has 5 heteroatoms. The van der Waals surface area contributed by atoms with Crippen LogP contribution in [-0.2, 0) is 6.54 Å². The Kier molecular flexibility index (Phi) is 5.44. The Labute approximate surface area is 166 Å². The van der Waals surface area contributed by atoms with Crippen molar-refractivity contribution in [3.8, 4) is 6.07 Å². The molecule has 0 saturated carbocycles. The SMILES string of the molecule is Cc1cc(C)c(C(=O)O)cc1CN1CCN(c2ccccc2C#N)CC1(C)C. The van der Waals surface area contributed by atoms with Crippen molar-refractivity contribution in [3.05, 3.63) is 64.2 Å². The molecular formula is C23H27N3O2. The molecule has 1 N–H and O–H groups in total. The van der Waals surface area contributed by atoms with Gasteiger partial charge in [0.15, 0.2) is 0 Å². The van der Waals surface area contributed by atoms with E-state index in [0.717, 1.165) is 42.0 Å². The number of rotatable bonds is 4. The molecule has 1 saturated heterocycles. The van der Waals surface area contributed by atoms with Crippen molar-refractivity contribution in [2.75, 3.05) is 24.5 Å². The molecule has 0 atom stereocenters. The van der Waals surface area contributed by atoms with Gasteiger partial charge >= 0.3 is 5.97 Å². The van der Waals surface area contributed by atoms with Gasteiger partial charge in [-0.05, 0) is 62.6 Å². The predicted molar refractivity (Wildman–Crippen MR) is 111 cm³/mol. The molecule has 2 aromatic rings. The Balaban J connectivity index is 1.82. The fourth-order valence-corrected chi connectivity index (χ4v) is 4.04. The normalized spacial score (nSPS) is 16.6. The maximum absolute atomic E-state index is 11.5. The van der Waals surface area contributed by atoms with Gasteiger partial charge in [0.1, 0.15) is 6.07 Å². The third-order valence-electron chi connectivity index (χ3n) is 5.71. The van der Waals surface area contributed by atoms with E-state index in [9.17, 15) is 15.2 Å². The number of para-hydroxylation sites is 1. The Morgan fingerprint density at radius 1 is 1.18 bits per heavy atom. The van der Waals surface area contributed by atoms with E-state index in [0.29, 0.717) is 17.7 Å². The maximum atomic E-state index is 11.5. The minimum absolute atomic E-state index is 0.110. The minimum Gasteiger partial charge on any atom is -0.478 e. The average molecular weight is 377 g/mol. The van der Waals surface area contributed by atoms with Crippen LogP contribution in [-0.4, -0.2) is 41.1 Å². The summed E-state index contributed by atoms with van der Waals surface area (Å²) in [7, 11) is 0. The van der Waals surface area contributed by atoms with Crippen LogP contribution in [0.5, 0.6) is 0 Å². The average Bonchev–Trinajstić information content (AvgIpc) is 2.64. The zero-order valence-electron chi connectivity index (χ0n) is 17.0. The minimum atomic E-state index is -0.879. The lowest BCUT2D eigenvalue weighted by Gasteiger charge is -2.48. The molecule has 146 valence electrons. The first kappa shape index (κ1) is 19.9. The second kappa shape index (κ2) is 7.65. The number of nitriles is 1. The smallest absolute Gasteiger partial charge is 0.335 e. The van der Waals surface area contributed by atoms with E-state index in [-0.39, 0.29) is 5.54 Å². The molecule has 1 fully saturated rings. The van der Waals surface area contributed by atoms with Crippen LogP contribution in [0.1, 0.15) is 46.5 Å². The summed E-state index contributed by atoms with van der Waals surface area (Å²) >= 11 is 0. The van der Waals surface area contributed by atoms with Gasteiger partial charge in [-0.3, -0.25) is 4.90 Å². The molecule has 0 unspecified atom stereocenters. The van der Waals surface area contributed by atoms with Gasteiger partial charge in [-0.15, -0.1) is 0 Å². The molecule has 0 amide bonds. The van der Waals surface area contributed by atoms with Gasteiger partial charge in [-0.25, -0.2) is 4.79 Å². The summed E-state index contributed by atoms with van der Waals surface area (Å²) in [5, 5.41) is 18.9. The van der Waals surface area contributed by atoms with Crippen LogP contribution >= 0.6 is 0 Å². The van der Waals surface area contributed by atoms with Crippen LogP contribution in [0, 0.1) is 25.2 Å². The summed E-state index contributed by atoms with van der Waals surface area (Å²) in [6.07, 6.45) is 0. The van der Waals surface area contributed by atoms with Crippen molar-refractivity contribution in [2.24, 2.45) is 0 Å². The fraction of sp³-hybridized carbons (Fsp3) is 0.391. The number of piperazine rings is 1. The third-order valence-corrected chi connectivity index (χ3v) is 5.71. The summed E-state index contributed by atoms with van der Waals surface area (Å²) in [4.78, 5) is 16.2. The number of aromatic carboxylic acids is 1. The highest BCUT2D eigenvalue weighted by Crippen LogP contribution is 2.30. The van der Waals surface area contributed by atoms with Crippen LogP contribution < -0.4 is 4.90 Å². The lowest BCUT2D eigenvalue weighted by atomic mass is 9.94. The first-order chi connectivity index (χ1) is 13.2. The van der Waals surface area contributed by atoms with Crippen LogP contribution in [0.15, 0.2) is 36.4 Å². The Hall–Kier alpha value is -2.84. The first-order valence-corrected chi connectivity index (χ1v) is 9.55. The Morgan fingerprint density at radius 3 is 2.54 bits per heavy atom. The predicted octanol–water partition coefficient (Wildman–Crippen LogP) is 3.97. The van der Waals surface area contributed by atoms with Gasteiger partial charge in [0.25, 0.3) is 0 Å². The van der Waals surface area contributed by atoms with E-state index in [2.05, 4.69) is 29.7 Å². The number of carbonyl (C=O) groups is 1. The zero-order valence-corrected chi connectivity index (χ0v) is 17.0. The molecule has 2 aromatic carbocycles. The van der Waals surface area contributed by atoms with E-state index >= 15 is 0 Å². The molecular weight excluding hydrogens is 350 g/mol. The number of anilines is 1. The molecule has 0 radical (unpaired) electrons. The summed E-state index contributed by atoms with van der Waals surface area (Å²) < 4.78 is 0. The molecule has 0 aliphatic carbocycles. The number of aryl methyl sites for hydroxylation is 2. The van der Waals surface area contributed by atoms with Crippen molar-refractivity contribution < 1.29 is 9.90 Å². The van der Waals surface area contributed by atoms with E-state index < -0.39 is 5.97 Å². The van der Waals surface area contributed by atoms with E-state index in [1.54, 1.807) is 0 Å². The standard InChI is InChI=1S/C23H27N3O2/c1-16-11-17(2)20(22(27)28)12-19(16)14-26-10-9-25(15-23(26,3)4)21-8-6-5-7-18(21)13-24/h5-8,11-12H,9-10,14-15H2,1-4H3,(H,27,28).